The van der Waals surface area contributed by atoms with Crippen molar-refractivity contribution in [3.05, 3.63) is 0 Å². The van der Waals surface area contributed by atoms with Crippen molar-refractivity contribution in [3.63, 3.8) is 0 Å². The Morgan fingerprint density at radius 2 is 2.23 bits per heavy atom. The number of ether oxygens (including phenoxy) is 1. The van der Waals surface area contributed by atoms with Crippen LogP contribution < -0.4 is 5.32 Å². The molecule has 0 amide bonds. The van der Waals surface area contributed by atoms with E-state index in [1.807, 2.05) is 6.92 Å². The summed E-state index contributed by atoms with van der Waals surface area (Å²) in [6.45, 7) is 6.80. The second-order valence-electron chi connectivity index (χ2n) is 3.04. The summed E-state index contributed by atoms with van der Waals surface area (Å²) in [6, 6.07) is 0.427. The van der Waals surface area contributed by atoms with E-state index in [9.17, 15) is 0 Å². The van der Waals surface area contributed by atoms with Gasteiger partial charge in [0.1, 0.15) is 0 Å². The van der Waals surface area contributed by atoms with E-state index in [-0.39, 0.29) is 0 Å². The van der Waals surface area contributed by atoms with Gasteiger partial charge in [0.05, 0.1) is 0 Å². The molecule has 2 nitrogen and oxygen atoms in total. The first-order chi connectivity index (χ1) is 6.35. The van der Waals surface area contributed by atoms with Crippen molar-refractivity contribution < 1.29 is 4.74 Å². The van der Waals surface area contributed by atoms with Crippen LogP contribution in [0, 0.1) is 12.3 Å². The predicted octanol–water partition coefficient (Wildman–Crippen LogP) is 1.80. The molecule has 0 saturated carbocycles. The molecule has 0 aromatic carbocycles. The molecule has 1 N–H and O–H groups in total. The van der Waals surface area contributed by atoms with Crippen LogP contribution in [-0.2, 0) is 4.74 Å². The van der Waals surface area contributed by atoms with Crippen LogP contribution in [0.4, 0.5) is 0 Å². The van der Waals surface area contributed by atoms with Gasteiger partial charge in [-0.2, -0.15) is 0 Å². The zero-order chi connectivity index (χ0) is 9.94. The second kappa shape index (κ2) is 9.57. The van der Waals surface area contributed by atoms with E-state index in [4.69, 9.17) is 11.2 Å². The van der Waals surface area contributed by atoms with Crippen molar-refractivity contribution in [3.8, 4) is 12.3 Å². The molecular formula is C11H21NO. The molecule has 0 heterocycles. The lowest BCUT2D eigenvalue weighted by Gasteiger charge is -2.15. The molecule has 13 heavy (non-hydrogen) atoms. The first kappa shape index (κ1) is 12.5. The third-order valence-electron chi connectivity index (χ3n) is 1.86. The summed E-state index contributed by atoms with van der Waals surface area (Å²) in [5.41, 5.74) is 0. The van der Waals surface area contributed by atoms with E-state index >= 15 is 0 Å². The Morgan fingerprint density at radius 3 is 2.77 bits per heavy atom. The normalized spacial score (nSPS) is 12.4. The van der Waals surface area contributed by atoms with Gasteiger partial charge in [0.25, 0.3) is 0 Å². The van der Waals surface area contributed by atoms with Crippen LogP contribution in [0.2, 0.25) is 0 Å². The molecule has 2 heteroatoms. The van der Waals surface area contributed by atoms with E-state index in [1.54, 1.807) is 0 Å². The molecule has 0 aliphatic heterocycles. The van der Waals surface area contributed by atoms with Crippen molar-refractivity contribution in [1.82, 2.24) is 5.32 Å². The first-order valence-electron chi connectivity index (χ1n) is 5.09. The molecular weight excluding hydrogens is 162 g/mol. The summed E-state index contributed by atoms with van der Waals surface area (Å²) >= 11 is 0. The lowest BCUT2D eigenvalue weighted by Crippen LogP contribution is -2.30. The Hall–Kier alpha value is -0.520. The monoisotopic (exact) mass is 183 g/mol. The molecule has 0 spiro atoms. The maximum absolute atomic E-state index is 5.28. The fraction of sp³-hybridized carbons (Fsp3) is 0.818. The molecule has 0 rings (SSSR count). The average molecular weight is 183 g/mol. The van der Waals surface area contributed by atoms with Crippen molar-refractivity contribution in [2.75, 3.05) is 19.8 Å². The van der Waals surface area contributed by atoms with Gasteiger partial charge >= 0.3 is 0 Å². The molecule has 0 aromatic heterocycles. The van der Waals surface area contributed by atoms with E-state index in [0.717, 1.165) is 39.0 Å². The minimum Gasteiger partial charge on any atom is -0.382 e. The molecule has 0 radical (unpaired) electrons. The van der Waals surface area contributed by atoms with Crippen LogP contribution in [0.15, 0.2) is 0 Å². The van der Waals surface area contributed by atoms with E-state index < -0.39 is 0 Å². The number of nitrogens with one attached hydrogen (secondary N) is 1. The molecule has 1 unspecified atom stereocenters. The molecule has 0 saturated heterocycles. The zero-order valence-corrected chi connectivity index (χ0v) is 8.81. The second-order valence-corrected chi connectivity index (χ2v) is 3.04. The summed E-state index contributed by atoms with van der Waals surface area (Å²) in [5, 5.41) is 3.41. The van der Waals surface area contributed by atoms with E-state index in [2.05, 4.69) is 18.2 Å². The fourth-order valence-corrected chi connectivity index (χ4v) is 1.14. The Morgan fingerprint density at radius 1 is 1.46 bits per heavy atom. The molecule has 0 fully saturated rings. The highest BCUT2D eigenvalue weighted by molar-refractivity contribution is 4.89. The van der Waals surface area contributed by atoms with Crippen LogP contribution in [0.1, 0.15) is 33.1 Å². The van der Waals surface area contributed by atoms with Crippen molar-refractivity contribution in [2.24, 2.45) is 0 Å². The molecule has 0 aliphatic rings. The summed E-state index contributed by atoms with van der Waals surface area (Å²) in [5.74, 6) is 2.69. The molecule has 0 aliphatic carbocycles. The Bertz CT molecular complexity index is 140. The summed E-state index contributed by atoms with van der Waals surface area (Å²) in [7, 11) is 0. The van der Waals surface area contributed by atoms with Crippen molar-refractivity contribution >= 4 is 0 Å². The SMILES string of the molecule is C#CCC(CCOCC)NCCC. The van der Waals surface area contributed by atoms with Gasteiger partial charge in [-0.1, -0.05) is 6.92 Å². The van der Waals surface area contributed by atoms with Crippen molar-refractivity contribution in [1.29, 1.82) is 0 Å². The fourth-order valence-electron chi connectivity index (χ4n) is 1.14. The predicted molar refractivity (Wildman–Crippen MR) is 56.6 cm³/mol. The molecule has 1 atom stereocenters. The van der Waals surface area contributed by atoms with Crippen molar-refractivity contribution in [2.45, 2.75) is 39.2 Å². The van der Waals surface area contributed by atoms with Crippen LogP contribution in [-0.4, -0.2) is 25.8 Å². The van der Waals surface area contributed by atoms with Gasteiger partial charge in [0, 0.05) is 25.7 Å². The molecule has 76 valence electrons. The first-order valence-corrected chi connectivity index (χ1v) is 5.09. The highest BCUT2D eigenvalue weighted by atomic mass is 16.5. The maximum Gasteiger partial charge on any atom is 0.0481 e. The topological polar surface area (TPSA) is 21.3 Å². The quantitative estimate of drug-likeness (QED) is 0.458. The minimum atomic E-state index is 0.427. The highest BCUT2D eigenvalue weighted by Crippen LogP contribution is 1.98. The van der Waals surface area contributed by atoms with E-state index in [0.29, 0.717) is 6.04 Å². The summed E-state index contributed by atoms with van der Waals surface area (Å²) in [6.07, 6.45) is 8.23. The number of terminal acetylenes is 1. The van der Waals surface area contributed by atoms with Gasteiger partial charge < -0.3 is 10.1 Å². The average Bonchev–Trinajstić information content (AvgIpc) is 2.14. The van der Waals surface area contributed by atoms with Crippen LogP contribution in [0.3, 0.4) is 0 Å². The van der Waals surface area contributed by atoms with Gasteiger partial charge in [-0.05, 0) is 26.3 Å². The zero-order valence-electron chi connectivity index (χ0n) is 8.81. The molecule has 0 bridgehead atoms. The lowest BCUT2D eigenvalue weighted by molar-refractivity contribution is 0.136. The minimum absolute atomic E-state index is 0.427. The summed E-state index contributed by atoms with van der Waals surface area (Å²) < 4.78 is 5.28. The highest BCUT2D eigenvalue weighted by Gasteiger charge is 2.04. The number of hydrogen-bond donors (Lipinski definition) is 1. The van der Waals surface area contributed by atoms with Gasteiger partial charge in [-0.3, -0.25) is 0 Å². The summed E-state index contributed by atoms with van der Waals surface area (Å²) in [4.78, 5) is 0. The van der Waals surface area contributed by atoms with Gasteiger partial charge in [-0.25, -0.2) is 0 Å². The largest absolute Gasteiger partial charge is 0.382 e. The van der Waals surface area contributed by atoms with Gasteiger partial charge in [0.2, 0.25) is 0 Å². The third kappa shape index (κ3) is 7.83. The van der Waals surface area contributed by atoms with Gasteiger partial charge in [-0.15, -0.1) is 12.3 Å². The third-order valence-corrected chi connectivity index (χ3v) is 1.86. The van der Waals surface area contributed by atoms with Crippen LogP contribution in [0.5, 0.6) is 0 Å². The Labute approximate surface area is 82.1 Å². The molecule has 0 aromatic rings. The van der Waals surface area contributed by atoms with E-state index in [1.165, 1.54) is 0 Å². The van der Waals surface area contributed by atoms with Gasteiger partial charge in [0.15, 0.2) is 0 Å². The smallest absolute Gasteiger partial charge is 0.0481 e. The Kier molecular flexibility index (Phi) is 9.18. The van der Waals surface area contributed by atoms with Crippen LogP contribution >= 0.6 is 0 Å². The maximum atomic E-state index is 5.28. The standard InChI is InChI=1S/C11H21NO/c1-4-7-11(12-9-5-2)8-10-13-6-3/h1,11-12H,5-10H2,2-3H3. The lowest BCUT2D eigenvalue weighted by atomic mass is 10.1. The number of rotatable bonds is 8. The van der Waals surface area contributed by atoms with Crippen LogP contribution in [0.25, 0.3) is 0 Å². The number of hydrogen-bond acceptors (Lipinski definition) is 2. The Balaban J connectivity index is 3.48.